The molecule has 0 aliphatic rings. The molecule has 1 heterocycles. The number of aromatic nitrogens is 1. The molecule has 0 radical (unpaired) electrons. The Balaban J connectivity index is 2.28. The van der Waals surface area contributed by atoms with Gasteiger partial charge in [0.25, 0.3) is 15.7 Å². The lowest BCUT2D eigenvalue weighted by Crippen LogP contribution is -2.11. The fraction of sp³-hybridized carbons (Fsp3) is 0.0667. The van der Waals surface area contributed by atoms with Crippen molar-refractivity contribution in [2.75, 3.05) is 0 Å². The summed E-state index contributed by atoms with van der Waals surface area (Å²) in [7, 11) is -3.84. The summed E-state index contributed by atoms with van der Waals surface area (Å²) in [5.41, 5.74) is 1.04. The highest BCUT2D eigenvalue weighted by Crippen LogP contribution is 2.32. The summed E-state index contributed by atoms with van der Waals surface area (Å²) < 4.78 is 27.3. The van der Waals surface area contributed by atoms with E-state index in [0.717, 1.165) is 9.54 Å². The van der Waals surface area contributed by atoms with Crippen LogP contribution in [0.2, 0.25) is 0 Å². The molecular formula is C15H11BrN2O4S. The monoisotopic (exact) mass is 394 g/mol. The first kappa shape index (κ1) is 15.7. The van der Waals surface area contributed by atoms with Crippen molar-refractivity contribution in [3.63, 3.8) is 0 Å². The van der Waals surface area contributed by atoms with Gasteiger partial charge in [-0.05, 0) is 41.1 Å². The molecule has 0 bridgehead atoms. The number of nitro groups is 1. The van der Waals surface area contributed by atoms with Crippen LogP contribution in [0.1, 0.15) is 5.56 Å². The van der Waals surface area contributed by atoms with E-state index in [1.165, 1.54) is 36.5 Å². The maximum atomic E-state index is 12.8. The van der Waals surface area contributed by atoms with Gasteiger partial charge in [0.05, 0.1) is 15.3 Å². The number of non-ortho nitro benzene ring substituents is 1. The molecule has 0 fully saturated rings. The molecule has 8 heteroatoms. The summed E-state index contributed by atoms with van der Waals surface area (Å²) in [6.07, 6.45) is 1.41. The van der Waals surface area contributed by atoms with Crippen LogP contribution in [0.4, 0.5) is 5.69 Å². The Bertz CT molecular complexity index is 1020. The van der Waals surface area contributed by atoms with Gasteiger partial charge in [-0.2, -0.15) is 0 Å². The second-order valence-electron chi connectivity index (χ2n) is 5.05. The molecular weight excluding hydrogens is 384 g/mol. The average Bonchev–Trinajstić information content (AvgIpc) is 2.85. The number of nitrogens with zero attached hydrogens (tertiary/aromatic N) is 2. The Hall–Kier alpha value is -2.19. The number of nitro benzene ring substituents is 1. The van der Waals surface area contributed by atoms with Crippen molar-refractivity contribution in [3.8, 4) is 0 Å². The zero-order valence-corrected chi connectivity index (χ0v) is 14.3. The standard InChI is InChI=1S/C15H11BrN2O4S/c1-10-2-5-12(6-3-10)23(21,22)17-9-14(16)13-7-4-11(18(19)20)8-15(13)17/h2-9H,1H3. The van der Waals surface area contributed by atoms with Crippen molar-refractivity contribution < 1.29 is 13.3 Å². The summed E-state index contributed by atoms with van der Waals surface area (Å²) >= 11 is 3.30. The van der Waals surface area contributed by atoms with E-state index in [1.807, 2.05) is 6.92 Å². The summed E-state index contributed by atoms with van der Waals surface area (Å²) in [4.78, 5) is 10.5. The van der Waals surface area contributed by atoms with Crippen LogP contribution in [-0.4, -0.2) is 17.3 Å². The highest BCUT2D eigenvalue weighted by atomic mass is 79.9. The summed E-state index contributed by atoms with van der Waals surface area (Å²) in [6.45, 7) is 1.86. The second kappa shape index (κ2) is 5.47. The van der Waals surface area contributed by atoms with Gasteiger partial charge in [0, 0.05) is 28.2 Å². The number of hydrogen-bond donors (Lipinski definition) is 0. The van der Waals surface area contributed by atoms with Gasteiger partial charge in [0.1, 0.15) is 0 Å². The molecule has 1 aromatic heterocycles. The van der Waals surface area contributed by atoms with Crippen LogP contribution in [0.15, 0.2) is 58.0 Å². The maximum Gasteiger partial charge on any atom is 0.271 e. The van der Waals surface area contributed by atoms with E-state index in [4.69, 9.17) is 0 Å². The van der Waals surface area contributed by atoms with Crippen molar-refractivity contribution in [2.45, 2.75) is 11.8 Å². The molecule has 118 valence electrons. The van der Waals surface area contributed by atoms with Gasteiger partial charge in [-0.3, -0.25) is 10.1 Å². The Morgan fingerprint density at radius 1 is 1.13 bits per heavy atom. The molecule has 6 nitrogen and oxygen atoms in total. The van der Waals surface area contributed by atoms with Gasteiger partial charge in [-0.1, -0.05) is 17.7 Å². The Morgan fingerprint density at radius 3 is 2.39 bits per heavy atom. The van der Waals surface area contributed by atoms with Crippen LogP contribution in [0, 0.1) is 17.0 Å². The van der Waals surface area contributed by atoms with E-state index in [1.54, 1.807) is 12.1 Å². The number of fused-ring (bicyclic) bond motifs is 1. The van der Waals surface area contributed by atoms with Crippen LogP contribution >= 0.6 is 15.9 Å². The Labute approximate surface area is 140 Å². The third-order valence-electron chi connectivity index (χ3n) is 3.50. The van der Waals surface area contributed by atoms with Crippen LogP contribution in [0.5, 0.6) is 0 Å². The van der Waals surface area contributed by atoms with Gasteiger partial charge >= 0.3 is 0 Å². The van der Waals surface area contributed by atoms with E-state index < -0.39 is 14.9 Å². The van der Waals surface area contributed by atoms with E-state index >= 15 is 0 Å². The quantitative estimate of drug-likeness (QED) is 0.498. The minimum absolute atomic E-state index is 0.124. The lowest BCUT2D eigenvalue weighted by atomic mass is 10.2. The minimum Gasteiger partial charge on any atom is -0.258 e. The van der Waals surface area contributed by atoms with Gasteiger partial charge in [0.15, 0.2) is 0 Å². The molecule has 23 heavy (non-hydrogen) atoms. The average molecular weight is 395 g/mol. The van der Waals surface area contributed by atoms with E-state index in [0.29, 0.717) is 9.86 Å². The topological polar surface area (TPSA) is 82.2 Å². The highest BCUT2D eigenvalue weighted by Gasteiger charge is 2.22. The minimum atomic E-state index is -3.84. The molecule has 2 aromatic carbocycles. The molecule has 0 atom stereocenters. The molecule has 0 aliphatic heterocycles. The van der Waals surface area contributed by atoms with Crippen LogP contribution in [-0.2, 0) is 10.0 Å². The number of hydrogen-bond acceptors (Lipinski definition) is 4. The number of aryl methyl sites for hydroxylation is 1. The first-order valence-electron chi connectivity index (χ1n) is 6.58. The zero-order chi connectivity index (χ0) is 16.8. The van der Waals surface area contributed by atoms with Gasteiger partial charge in [-0.25, -0.2) is 12.4 Å². The van der Waals surface area contributed by atoms with E-state index in [-0.39, 0.29) is 16.1 Å². The largest absolute Gasteiger partial charge is 0.271 e. The van der Waals surface area contributed by atoms with Crippen molar-refractivity contribution >= 4 is 42.5 Å². The first-order valence-corrected chi connectivity index (χ1v) is 8.81. The molecule has 0 N–H and O–H groups in total. The Morgan fingerprint density at radius 2 is 1.78 bits per heavy atom. The molecule has 3 rings (SSSR count). The SMILES string of the molecule is Cc1ccc(S(=O)(=O)n2cc(Br)c3ccc([N+](=O)[O-])cc32)cc1. The third-order valence-corrected chi connectivity index (χ3v) is 5.82. The summed E-state index contributed by atoms with van der Waals surface area (Å²) in [5, 5.41) is 11.5. The molecule has 0 unspecified atom stereocenters. The first-order chi connectivity index (χ1) is 10.8. The number of halogens is 1. The van der Waals surface area contributed by atoms with Crippen molar-refractivity contribution in [1.82, 2.24) is 3.97 Å². The molecule has 0 aliphatic carbocycles. The fourth-order valence-electron chi connectivity index (χ4n) is 2.28. The predicted molar refractivity (Wildman–Crippen MR) is 90.1 cm³/mol. The van der Waals surface area contributed by atoms with E-state index in [9.17, 15) is 18.5 Å². The second-order valence-corrected chi connectivity index (χ2v) is 7.72. The number of rotatable bonds is 3. The van der Waals surface area contributed by atoms with Crippen LogP contribution in [0.3, 0.4) is 0 Å². The number of benzene rings is 2. The highest BCUT2D eigenvalue weighted by molar-refractivity contribution is 9.10. The Kier molecular flexibility index (Phi) is 3.73. The maximum absolute atomic E-state index is 12.8. The van der Waals surface area contributed by atoms with Gasteiger partial charge < -0.3 is 0 Å². The zero-order valence-electron chi connectivity index (χ0n) is 11.9. The van der Waals surface area contributed by atoms with Crippen molar-refractivity contribution in [2.24, 2.45) is 0 Å². The van der Waals surface area contributed by atoms with Gasteiger partial charge in [-0.15, -0.1) is 0 Å². The molecule has 0 amide bonds. The van der Waals surface area contributed by atoms with Crippen molar-refractivity contribution in [1.29, 1.82) is 0 Å². The lowest BCUT2D eigenvalue weighted by molar-refractivity contribution is -0.384. The van der Waals surface area contributed by atoms with Crippen LogP contribution < -0.4 is 0 Å². The summed E-state index contributed by atoms with van der Waals surface area (Å²) in [6, 6.07) is 10.6. The molecule has 3 aromatic rings. The third kappa shape index (κ3) is 2.64. The molecule has 0 saturated heterocycles. The van der Waals surface area contributed by atoms with E-state index in [2.05, 4.69) is 15.9 Å². The summed E-state index contributed by atoms with van der Waals surface area (Å²) in [5.74, 6) is 0. The van der Waals surface area contributed by atoms with Gasteiger partial charge in [0.2, 0.25) is 0 Å². The van der Waals surface area contributed by atoms with Crippen LogP contribution in [0.25, 0.3) is 10.9 Å². The van der Waals surface area contributed by atoms with Crippen molar-refractivity contribution in [3.05, 3.63) is 68.8 Å². The molecule has 0 spiro atoms. The smallest absolute Gasteiger partial charge is 0.258 e. The molecule has 0 saturated carbocycles. The fourth-order valence-corrected chi connectivity index (χ4v) is 4.32. The lowest BCUT2D eigenvalue weighted by Gasteiger charge is -2.07. The normalized spacial score (nSPS) is 11.7. The predicted octanol–water partition coefficient (Wildman–Crippen LogP) is 3.86.